The zero-order valence-electron chi connectivity index (χ0n) is 10.8. The van der Waals surface area contributed by atoms with Crippen LogP contribution in [0.1, 0.15) is 6.42 Å². The molecule has 0 spiro atoms. The van der Waals surface area contributed by atoms with Crippen molar-refractivity contribution in [3.05, 3.63) is 10.8 Å². The summed E-state index contributed by atoms with van der Waals surface area (Å²) in [7, 11) is 0. The van der Waals surface area contributed by atoms with Gasteiger partial charge in [0.15, 0.2) is 10.3 Å². The number of nitrogens with zero attached hydrogens (tertiary/aromatic N) is 2. The summed E-state index contributed by atoms with van der Waals surface area (Å²) >= 11 is 2.80. The average Bonchev–Trinajstić information content (AvgIpc) is 2.85. The van der Waals surface area contributed by atoms with Crippen molar-refractivity contribution in [3.8, 4) is 11.4 Å². The van der Waals surface area contributed by atoms with Crippen LogP contribution in [0.4, 0.5) is 10.3 Å². The van der Waals surface area contributed by atoms with Gasteiger partial charge >= 0.3 is 16.5 Å². The molecule has 0 atom stereocenters. The summed E-state index contributed by atoms with van der Waals surface area (Å²) < 4.78 is 0. The summed E-state index contributed by atoms with van der Waals surface area (Å²) in [5.41, 5.74) is 12.5. The van der Waals surface area contributed by atoms with Crippen LogP contribution in [0.5, 0.6) is 0 Å². The van der Waals surface area contributed by atoms with Crippen molar-refractivity contribution in [2.24, 2.45) is 0 Å². The first-order valence-electron chi connectivity index (χ1n) is 4.70. The predicted molar refractivity (Wildman–Crippen MR) is 76.4 cm³/mol. The monoisotopic (exact) mass is 396 g/mol. The second-order valence-electron chi connectivity index (χ2n) is 3.06. The molecule has 0 fully saturated rings. The van der Waals surface area contributed by atoms with E-state index in [0.29, 0.717) is 10.3 Å². The Morgan fingerprint density at radius 1 is 0.955 bits per heavy atom. The van der Waals surface area contributed by atoms with Crippen molar-refractivity contribution in [2.75, 3.05) is 11.5 Å². The van der Waals surface area contributed by atoms with Crippen molar-refractivity contribution >= 4 is 44.9 Å². The van der Waals surface area contributed by atoms with Gasteiger partial charge in [-0.15, -0.1) is 22.7 Å². The Labute approximate surface area is 142 Å². The van der Waals surface area contributed by atoms with E-state index >= 15 is 0 Å². The molecule has 2 heterocycles. The Kier molecular flexibility index (Phi) is 13.5. The Hall–Kier alpha value is -1.79. The summed E-state index contributed by atoms with van der Waals surface area (Å²) in [6.45, 7) is 0. The topological polar surface area (TPSA) is 224 Å². The number of thiazole rings is 2. The first-order chi connectivity index (χ1) is 8.88. The maximum Gasteiger partial charge on any atom is 2.00 e. The molecule has 10 N–H and O–H groups in total. The first-order valence-corrected chi connectivity index (χ1v) is 6.46. The molecule has 2 rings (SSSR count). The SMILES string of the molecule is Nc1nc(-c2csc(N)n2)cs1.O=C([O-])CC(=O)[O-].[Ni+2].[OH3+].[OH3+]. The second kappa shape index (κ2) is 11.8. The van der Waals surface area contributed by atoms with Crippen LogP contribution in [0.3, 0.4) is 0 Å². The van der Waals surface area contributed by atoms with Gasteiger partial charge in [-0.3, -0.25) is 0 Å². The molecule has 0 saturated heterocycles. The fourth-order valence-corrected chi connectivity index (χ4v) is 2.04. The van der Waals surface area contributed by atoms with Gasteiger partial charge in [0.1, 0.15) is 11.4 Å². The molecule has 10 nitrogen and oxygen atoms in total. The van der Waals surface area contributed by atoms with Crippen LogP contribution in [0.2, 0.25) is 0 Å². The number of nitrogen functional groups attached to an aromatic ring is 2. The molecule has 0 aliphatic heterocycles. The number of hydrogen-bond donors (Lipinski definition) is 2. The van der Waals surface area contributed by atoms with E-state index in [1.807, 2.05) is 10.8 Å². The van der Waals surface area contributed by atoms with E-state index in [1.54, 1.807) is 0 Å². The second-order valence-corrected chi connectivity index (χ2v) is 4.84. The van der Waals surface area contributed by atoms with Gasteiger partial charge in [0.2, 0.25) is 0 Å². The zero-order chi connectivity index (χ0) is 14.4. The van der Waals surface area contributed by atoms with E-state index in [1.165, 1.54) is 22.7 Å². The number of carboxylic acids is 2. The number of aliphatic carboxylic acids is 2. The van der Waals surface area contributed by atoms with Crippen LogP contribution in [-0.4, -0.2) is 21.9 Å². The van der Waals surface area contributed by atoms with Gasteiger partial charge in [-0.25, -0.2) is 9.97 Å². The minimum atomic E-state index is -1.63. The molecule has 0 radical (unpaired) electrons. The number of carbonyl (C=O) groups excluding carboxylic acids is 2. The van der Waals surface area contributed by atoms with Crippen LogP contribution in [0.25, 0.3) is 11.4 Å². The maximum absolute atomic E-state index is 9.28. The van der Waals surface area contributed by atoms with Crippen LogP contribution in [-0.2, 0) is 37.0 Å². The minimum absolute atomic E-state index is 0. The van der Waals surface area contributed by atoms with E-state index in [4.69, 9.17) is 11.5 Å². The summed E-state index contributed by atoms with van der Waals surface area (Å²) in [6.07, 6.45) is -1.03. The molecule has 0 amide bonds. The molecule has 13 heteroatoms. The van der Waals surface area contributed by atoms with Crippen molar-refractivity contribution in [3.63, 3.8) is 0 Å². The quantitative estimate of drug-likeness (QED) is 0.299. The largest absolute Gasteiger partial charge is 2.00 e. The van der Waals surface area contributed by atoms with Crippen LogP contribution < -0.4 is 21.7 Å². The number of anilines is 2. The molecule has 0 saturated carbocycles. The van der Waals surface area contributed by atoms with Crippen molar-refractivity contribution in [1.29, 1.82) is 0 Å². The average molecular weight is 397 g/mol. The Balaban J connectivity index is -0.000000323. The third kappa shape index (κ3) is 9.20. The number of nitrogens with two attached hydrogens (primary N) is 2. The van der Waals surface area contributed by atoms with Crippen molar-refractivity contribution < 1.29 is 47.2 Å². The normalized spacial score (nSPS) is 8.18. The molecule has 126 valence electrons. The van der Waals surface area contributed by atoms with E-state index in [0.717, 1.165) is 11.4 Å². The van der Waals surface area contributed by atoms with E-state index in [9.17, 15) is 19.8 Å². The molecule has 2 aromatic rings. The summed E-state index contributed by atoms with van der Waals surface area (Å²) in [5, 5.41) is 23.4. The third-order valence-corrected chi connectivity index (χ3v) is 2.94. The summed E-state index contributed by atoms with van der Waals surface area (Å²) in [5.74, 6) is -3.25. The van der Waals surface area contributed by atoms with Gasteiger partial charge in [0, 0.05) is 29.1 Å². The van der Waals surface area contributed by atoms with Gasteiger partial charge in [-0.2, -0.15) is 0 Å². The number of rotatable bonds is 3. The van der Waals surface area contributed by atoms with Gasteiger partial charge in [0.25, 0.3) is 0 Å². The van der Waals surface area contributed by atoms with Gasteiger partial charge < -0.3 is 42.2 Å². The first kappa shape index (κ1) is 25.2. The Morgan fingerprint density at radius 3 is 1.41 bits per heavy atom. The van der Waals surface area contributed by atoms with Crippen LogP contribution in [0, 0.1) is 0 Å². The molecule has 0 aromatic carbocycles. The van der Waals surface area contributed by atoms with Crippen LogP contribution >= 0.6 is 22.7 Å². The Morgan fingerprint density at radius 2 is 1.27 bits per heavy atom. The predicted octanol–water partition coefficient (Wildman–Crippen LogP) is -3.54. The van der Waals surface area contributed by atoms with Gasteiger partial charge in [0.05, 0.1) is 0 Å². The number of aromatic nitrogens is 2. The molecule has 2 aromatic heterocycles. The van der Waals surface area contributed by atoms with Gasteiger partial charge in [-0.05, 0) is 0 Å². The molecule has 0 unspecified atom stereocenters. The molecule has 0 aliphatic rings. The smallest absolute Gasteiger partial charge is 0.550 e. The maximum atomic E-state index is 9.28. The molecule has 22 heavy (non-hydrogen) atoms. The van der Waals surface area contributed by atoms with Gasteiger partial charge in [-0.1, -0.05) is 0 Å². The van der Waals surface area contributed by atoms with Crippen molar-refractivity contribution in [2.45, 2.75) is 6.42 Å². The fourth-order valence-electron chi connectivity index (χ4n) is 0.928. The Bertz CT molecular complexity index is 540. The third-order valence-electron chi connectivity index (χ3n) is 1.60. The summed E-state index contributed by atoms with van der Waals surface area (Å²) in [6, 6.07) is 0. The summed E-state index contributed by atoms with van der Waals surface area (Å²) in [4.78, 5) is 26.7. The fraction of sp³-hybridized carbons (Fsp3) is 0.111. The molecular weight excluding hydrogens is 383 g/mol. The number of carboxylic acid groups (broad SMARTS) is 2. The number of carbonyl (C=O) groups is 2. The molecular formula is C9H14N4NiO6S2+2. The van der Waals surface area contributed by atoms with E-state index in [-0.39, 0.29) is 27.4 Å². The van der Waals surface area contributed by atoms with E-state index < -0.39 is 18.4 Å². The molecule has 0 aliphatic carbocycles. The molecule has 0 bridgehead atoms. The van der Waals surface area contributed by atoms with E-state index in [2.05, 4.69) is 9.97 Å². The van der Waals surface area contributed by atoms with Crippen molar-refractivity contribution in [1.82, 2.24) is 9.97 Å². The standard InChI is InChI=1S/C6H6N4S2.C3H4O4.Ni.2H2O/c7-5-9-3(1-11-5)4-2-12-6(8)10-4;4-2(5)1-3(6)7;;;/h1-2H,(H2,7,9)(H2,8,10);1H2,(H,4,5)(H,6,7);;2*1H2/q;;+2;;. The number of hydrogen-bond acceptors (Lipinski definition) is 10. The zero-order valence-corrected chi connectivity index (χ0v) is 13.5. The van der Waals surface area contributed by atoms with Crippen LogP contribution in [0.15, 0.2) is 10.8 Å². The minimum Gasteiger partial charge on any atom is -0.550 e.